The standard InChI is InChI=1S/C19H22O6/c1-3-16(13-21)17(8-10-20)12-19(23)24-11-9-15-4-6-18(7-5-15)25-14(2)22/h3-7,10,13,17H,8-9,11-12H2,1-2H3/b16-3+/t17-/m0/s1. The molecule has 0 fully saturated rings. The minimum Gasteiger partial charge on any atom is -0.465 e. The molecule has 0 unspecified atom stereocenters. The molecule has 6 nitrogen and oxygen atoms in total. The Morgan fingerprint density at radius 1 is 1.16 bits per heavy atom. The highest BCUT2D eigenvalue weighted by atomic mass is 16.5. The number of ether oxygens (including phenoxy) is 2. The van der Waals surface area contributed by atoms with Gasteiger partial charge < -0.3 is 14.3 Å². The Hall–Kier alpha value is -2.76. The van der Waals surface area contributed by atoms with Gasteiger partial charge in [-0.3, -0.25) is 14.4 Å². The lowest BCUT2D eigenvalue weighted by molar-refractivity contribution is -0.144. The molecule has 0 N–H and O–H groups in total. The van der Waals surface area contributed by atoms with Gasteiger partial charge in [-0.05, 0) is 30.2 Å². The van der Waals surface area contributed by atoms with Crippen molar-refractivity contribution in [3.8, 4) is 5.75 Å². The average molecular weight is 346 g/mol. The van der Waals surface area contributed by atoms with E-state index in [2.05, 4.69) is 0 Å². The minimum atomic E-state index is -0.454. The van der Waals surface area contributed by atoms with Crippen LogP contribution in [0.3, 0.4) is 0 Å². The van der Waals surface area contributed by atoms with Gasteiger partial charge in [-0.2, -0.15) is 0 Å². The third kappa shape index (κ3) is 7.56. The van der Waals surface area contributed by atoms with Gasteiger partial charge >= 0.3 is 11.9 Å². The van der Waals surface area contributed by atoms with Crippen molar-refractivity contribution in [1.82, 2.24) is 0 Å². The number of hydrogen-bond acceptors (Lipinski definition) is 6. The normalized spacial score (nSPS) is 12.2. The first kappa shape index (κ1) is 20.3. The van der Waals surface area contributed by atoms with Gasteiger partial charge in [0.1, 0.15) is 18.3 Å². The van der Waals surface area contributed by atoms with Gasteiger partial charge in [0, 0.05) is 25.7 Å². The molecule has 0 aliphatic rings. The van der Waals surface area contributed by atoms with E-state index in [4.69, 9.17) is 9.47 Å². The molecule has 0 radical (unpaired) electrons. The van der Waals surface area contributed by atoms with E-state index < -0.39 is 11.9 Å². The topological polar surface area (TPSA) is 86.7 Å². The second-order valence-corrected chi connectivity index (χ2v) is 5.42. The molecule has 6 heteroatoms. The molecular weight excluding hydrogens is 324 g/mol. The quantitative estimate of drug-likeness (QED) is 0.280. The van der Waals surface area contributed by atoms with Crippen LogP contribution in [0, 0.1) is 5.92 Å². The molecule has 0 aliphatic heterocycles. The number of carbonyl (C=O) groups excluding carboxylic acids is 4. The summed E-state index contributed by atoms with van der Waals surface area (Å²) in [6, 6.07) is 6.90. The summed E-state index contributed by atoms with van der Waals surface area (Å²) in [5.41, 5.74) is 1.35. The molecule has 0 amide bonds. The van der Waals surface area contributed by atoms with Crippen molar-refractivity contribution >= 4 is 24.5 Å². The second-order valence-electron chi connectivity index (χ2n) is 5.42. The third-order valence-corrected chi connectivity index (χ3v) is 3.57. The van der Waals surface area contributed by atoms with Crippen LogP contribution in [-0.2, 0) is 30.3 Å². The minimum absolute atomic E-state index is 0.0114. The van der Waals surface area contributed by atoms with Crippen LogP contribution in [-0.4, -0.2) is 31.1 Å². The monoisotopic (exact) mass is 346 g/mol. The first-order valence-corrected chi connectivity index (χ1v) is 7.98. The van der Waals surface area contributed by atoms with Gasteiger partial charge in [0.2, 0.25) is 0 Å². The zero-order valence-electron chi connectivity index (χ0n) is 14.4. The molecule has 0 aromatic heterocycles. The smallest absolute Gasteiger partial charge is 0.308 e. The maximum Gasteiger partial charge on any atom is 0.308 e. The Bertz CT molecular complexity index is 630. The van der Waals surface area contributed by atoms with Crippen molar-refractivity contribution in [2.24, 2.45) is 5.92 Å². The first-order chi connectivity index (χ1) is 12.0. The molecule has 25 heavy (non-hydrogen) atoms. The summed E-state index contributed by atoms with van der Waals surface area (Å²) >= 11 is 0. The van der Waals surface area contributed by atoms with Crippen LogP contribution < -0.4 is 4.74 Å². The van der Waals surface area contributed by atoms with Gasteiger partial charge in [-0.1, -0.05) is 18.2 Å². The number of esters is 2. The van der Waals surface area contributed by atoms with Gasteiger partial charge in [0.15, 0.2) is 0 Å². The molecule has 0 bridgehead atoms. The van der Waals surface area contributed by atoms with Crippen molar-refractivity contribution in [3.05, 3.63) is 41.5 Å². The number of aldehydes is 2. The Morgan fingerprint density at radius 3 is 2.36 bits per heavy atom. The summed E-state index contributed by atoms with van der Waals surface area (Å²) in [6.07, 6.45) is 3.54. The lowest BCUT2D eigenvalue weighted by atomic mass is 9.93. The van der Waals surface area contributed by atoms with Crippen LogP contribution in [0.15, 0.2) is 35.9 Å². The number of carbonyl (C=O) groups is 4. The average Bonchev–Trinajstić information content (AvgIpc) is 2.57. The van der Waals surface area contributed by atoms with Crippen LogP contribution in [0.5, 0.6) is 5.75 Å². The molecule has 0 spiro atoms. The van der Waals surface area contributed by atoms with Crippen molar-refractivity contribution < 1.29 is 28.7 Å². The number of hydrogen-bond donors (Lipinski definition) is 0. The fourth-order valence-corrected chi connectivity index (χ4v) is 2.29. The summed E-state index contributed by atoms with van der Waals surface area (Å²) in [6.45, 7) is 3.20. The number of allylic oxidation sites excluding steroid dienone is 2. The molecular formula is C19H22O6. The zero-order valence-corrected chi connectivity index (χ0v) is 14.4. The SMILES string of the molecule is C/C=C(\C=O)[C@@H](CC=O)CC(=O)OCCc1ccc(OC(C)=O)cc1. The molecule has 0 heterocycles. The van der Waals surface area contributed by atoms with Crippen molar-refractivity contribution in [2.75, 3.05) is 6.61 Å². The maximum absolute atomic E-state index is 11.9. The fourth-order valence-electron chi connectivity index (χ4n) is 2.29. The van der Waals surface area contributed by atoms with Crippen molar-refractivity contribution in [3.63, 3.8) is 0 Å². The number of benzene rings is 1. The molecule has 0 saturated carbocycles. The summed E-state index contributed by atoms with van der Waals surface area (Å²) in [7, 11) is 0. The fraction of sp³-hybridized carbons (Fsp3) is 0.368. The van der Waals surface area contributed by atoms with E-state index in [1.165, 1.54) is 6.92 Å². The highest BCUT2D eigenvalue weighted by Crippen LogP contribution is 2.18. The first-order valence-electron chi connectivity index (χ1n) is 7.98. The molecule has 1 rings (SSSR count). The predicted molar refractivity (Wildman–Crippen MR) is 91.0 cm³/mol. The zero-order chi connectivity index (χ0) is 18.7. The Balaban J connectivity index is 2.46. The van der Waals surface area contributed by atoms with Gasteiger partial charge in [0.25, 0.3) is 0 Å². The van der Waals surface area contributed by atoms with Crippen LogP contribution in [0.25, 0.3) is 0 Å². The largest absolute Gasteiger partial charge is 0.465 e. The van der Waals surface area contributed by atoms with E-state index in [0.29, 0.717) is 30.3 Å². The van der Waals surface area contributed by atoms with Gasteiger partial charge in [-0.25, -0.2) is 0 Å². The molecule has 0 saturated heterocycles. The van der Waals surface area contributed by atoms with Crippen LogP contribution >= 0.6 is 0 Å². The lowest BCUT2D eigenvalue weighted by Gasteiger charge is -2.13. The molecule has 1 aromatic rings. The van der Waals surface area contributed by atoms with Gasteiger partial charge in [-0.15, -0.1) is 0 Å². The number of rotatable bonds is 10. The summed E-state index contributed by atoms with van der Waals surface area (Å²) in [5.74, 6) is -0.833. The summed E-state index contributed by atoms with van der Waals surface area (Å²) < 4.78 is 10.1. The highest BCUT2D eigenvalue weighted by molar-refractivity contribution is 5.78. The lowest BCUT2D eigenvalue weighted by Crippen LogP contribution is -2.16. The Kier molecular flexibility index (Phi) is 8.85. The molecule has 0 aliphatic carbocycles. The van der Waals surface area contributed by atoms with E-state index >= 15 is 0 Å². The van der Waals surface area contributed by atoms with Crippen molar-refractivity contribution in [1.29, 1.82) is 0 Å². The van der Waals surface area contributed by atoms with E-state index in [1.807, 2.05) is 0 Å². The van der Waals surface area contributed by atoms with E-state index in [-0.39, 0.29) is 25.4 Å². The Morgan fingerprint density at radius 2 is 1.84 bits per heavy atom. The summed E-state index contributed by atoms with van der Waals surface area (Å²) in [4.78, 5) is 44.4. The van der Waals surface area contributed by atoms with Crippen LogP contribution in [0.2, 0.25) is 0 Å². The van der Waals surface area contributed by atoms with E-state index in [0.717, 1.165) is 5.56 Å². The maximum atomic E-state index is 11.9. The highest BCUT2D eigenvalue weighted by Gasteiger charge is 2.18. The third-order valence-electron chi connectivity index (χ3n) is 3.57. The van der Waals surface area contributed by atoms with Crippen LogP contribution in [0.4, 0.5) is 0 Å². The van der Waals surface area contributed by atoms with E-state index in [9.17, 15) is 19.2 Å². The van der Waals surface area contributed by atoms with Crippen LogP contribution in [0.1, 0.15) is 32.3 Å². The van der Waals surface area contributed by atoms with E-state index in [1.54, 1.807) is 37.3 Å². The van der Waals surface area contributed by atoms with Crippen molar-refractivity contribution in [2.45, 2.75) is 33.1 Å². The second kappa shape index (κ2) is 10.9. The van der Waals surface area contributed by atoms with Gasteiger partial charge in [0.05, 0.1) is 13.0 Å². The molecule has 134 valence electrons. The predicted octanol–water partition coefficient (Wildman–Crippen LogP) is 2.44. The molecule has 1 atom stereocenters. The Labute approximate surface area is 146 Å². The summed E-state index contributed by atoms with van der Waals surface area (Å²) in [5, 5.41) is 0. The molecule has 1 aromatic carbocycles.